The highest BCUT2D eigenvalue weighted by atomic mass is 16.2. The van der Waals surface area contributed by atoms with Crippen molar-refractivity contribution in [3.05, 3.63) is 0 Å². The van der Waals surface area contributed by atoms with Crippen molar-refractivity contribution in [2.24, 2.45) is 17.6 Å². The van der Waals surface area contributed by atoms with Gasteiger partial charge in [-0.05, 0) is 18.8 Å². The van der Waals surface area contributed by atoms with E-state index in [1.165, 1.54) is 0 Å². The van der Waals surface area contributed by atoms with Crippen molar-refractivity contribution in [1.82, 2.24) is 10.6 Å². The van der Waals surface area contributed by atoms with Gasteiger partial charge in [0, 0.05) is 13.0 Å². The average molecular weight is 296 g/mol. The molecule has 0 aromatic rings. The summed E-state index contributed by atoms with van der Waals surface area (Å²) in [4.78, 5) is 34.4. The van der Waals surface area contributed by atoms with Crippen molar-refractivity contribution in [3.8, 4) is 6.07 Å². The van der Waals surface area contributed by atoms with Gasteiger partial charge in [-0.15, -0.1) is 0 Å². The lowest BCUT2D eigenvalue weighted by atomic mass is 9.95. The Labute approximate surface area is 125 Å². The maximum absolute atomic E-state index is 12.0. The summed E-state index contributed by atoms with van der Waals surface area (Å²) >= 11 is 0. The van der Waals surface area contributed by atoms with Crippen molar-refractivity contribution >= 4 is 17.7 Å². The molecule has 7 nitrogen and oxygen atoms in total. The summed E-state index contributed by atoms with van der Waals surface area (Å²) in [6, 6.07) is 0.693. The number of ketones is 1. The van der Waals surface area contributed by atoms with E-state index in [-0.39, 0.29) is 11.7 Å². The van der Waals surface area contributed by atoms with Crippen molar-refractivity contribution < 1.29 is 14.4 Å². The number of carbonyl (C=O) groups is 3. The van der Waals surface area contributed by atoms with Crippen LogP contribution < -0.4 is 16.4 Å². The fourth-order valence-corrected chi connectivity index (χ4v) is 1.85. The van der Waals surface area contributed by atoms with Crippen LogP contribution >= 0.6 is 0 Å². The molecule has 3 amide bonds. The number of amides is 3. The number of hydrogen-bond acceptors (Lipinski definition) is 4. The van der Waals surface area contributed by atoms with Gasteiger partial charge in [0.05, 0.1) is 12.1 Å². The Balaban J connectivity index is 4.56. The molecule has 118 valence electrons. The lowest BCUT2D eigenvalue weighted by Crippen LogP contribution is -2.44. The number of nitriles is 1. The monoisotopic (exact) mass is 296 g/mol. The van der Waals surface area contributed by atoms with E-state index in [9.17, 15) is 14.4 Å². The van der Waals surface area contributed by atoms with Gasteiger partial charge in [0.1, 0.15) is 5.92 Å². The summed E-state index contributed by atoms with van der Waals surface area (Å²) in [5.74, 6) is -1.42. The highest BCUT2D eigenvalue weighted by molar-refractivity contribution is 5.90. The summed E-state index contributed by atoms with van der Waals surface area (Å²) in [5.41, 5.74) is 4.94. The standard InChI is InChI=1S/C14H24N4O3/c1-4-12(19)11(6-5-7-17-14(16)21)18-13(20)10(8-15)9(2)3/h9-11H,4-7H2,1-3H3,(H,18,20)(H3,16,17,21). The summed E-state index contributed by atoms with van der Waals surface area (Å²) in [6.07, 6.45) is 1.21. The Morgan fingerprint density at radius 1 is 1.29 bits per heavy atom. The van der Waals surface area contributed by atoms with Crippen LogP contribution in [0.4, 0.5) is 4.79 Å². The molecule has 0 heterocycles. The maximum Gasteiger partial charge on any atom is 0.312 e. The molecule has 0 aliphatic heterocycles. The van der Waals surface area contributed by atoms with Crippen LogP contribution in [0.1, 0.15) is 40.0 Å². The number of nitrogens with zero attached hydrogens (tertiary/aromatic N) is 1. The van der Waals surface area contributed by atoms with Crippen LogP contribution in [0.15, 0.2) is 0 Å². The van der Waals surface area contributed by atoms with Gasteiger partial charge in [-0.3, -0.25) is 9.59 Å². The van der Waals surface area contributed by atoms with Crippen LogP contribution in [0, 0.1) is 23.2 Å². The van der Waals surface area contributed by atoms with Gasteiger partial charge in [0.2, 0.25) is 5.91 Å². The molecule has 0 bridgehead atoms. The molecule has 0 radical (unpaired) electrons. The molecule has 7 heteroatoms. The van der Waals surface area contributed by atoms with Gasteiger partial charge >= 0.3 is 6.03 Å². The Morgan fingerprint density at radius 3 is 2.33 bits per heavy atom. The number of carbonyl (C=O) groups excluding carboxylic acids is 3. The van der Waals surface area contributed by atoms with E-state index in [2.05, 4.69) is 10.6 Å². The van der Waals surface area contributed by atoms with E-state index in [0.717, 1.165) is 0 Å². The summed E-state index contributed by atoms with van der Waals surface area (Å²) in [7, 11) is 0. The smallest absolute Gasteiger partial charge is 0.312 e. The fourth-order valence-electron chi connectivity index (χ4n) is 1.85. The first-order valence-corrected chi connectivity index (χ1v) is 7.09. The summed E-state index contributed by atoms with van der Waals surface area (Å²) in [6.45, 7) is 5.61. The lowest BCUT2D eigenvalue weighted by Gasteiger charge is -2.20. The molecule has 0 aromatic heterocycles. The number of nitrogens with one attached hydrogen (secondary N) is 2. The zero-order chi connectivity index (χ0) is 16.4. The molecule has 0 saturated heterocycles. The van der Waals surface area contributed by atoms with Gasteiger partial charge in [0.15, 0.2) is 5.78 Å². The molecule has 21 heavy (non-hydrogen) atoms. The van der Waals surface area contributed by atoms with E-state index in [1.54, 1.807) is 20.8 Å². The maximum atomic E-state index is 12.0. The Hall–Kier alpha value is -2.10. The second kappa shape index (κ2) is 9.75. The molecule has 4 N–H and O–H groups in total. The second-order valence-electron chi connectivity index (χ2n) is 5.17. The van der Waals surface area contributed by atoms with E-state index in [4.69, 9.17) is 11.0 Å². The Bertz CT molecular complexity index is 415. The van der Waals surface area contributed by atoms with Gasteiger partial charge in [0.25, 0.3) is 0 Å². The predicted octanol–water partition coefficient (Wildman–Crippen LogP) is 0.695. The number of hydrogen-bond donors (Lipinski definition) is 3. The third-order valence-electron chi connectivity index (χ3n) is 3.11. The molecule has 0 saturated carbocycles. The van der Waals surface area contributed by atoms with E-state index >= 15 is 0 Å². The third kappa shape index (κ3) is 7.30. The van der Waals surface area contributed by atoms with Crippen LogP contribution in [0.2, 0.25) is 0 Å². The molecule has 0 aliphatic rings. The number of urea groups is 1. The fraction of sp³-hybridized carbons (Fsp3) is 0.714. The van der Waals surface area contributed by atoms with Crippen molar-refractivity contribution in [2.45, 2.75) is 46.1 Å². The van der Waals surface area contributed by atoms with Crippen LogP contribution in [0.25, 0.3) is 0 Å². The molecular formula is C14H24N4O3. The van der Waals surface area contributed by atoms with E-state index < -0.39 is 23.9 Å². The van der Waals surface area contributed by atoms with Crippen molar-refractivity contribution in [2.75, 3.05) is 6.54 Å². The zero-order valence-corrected chi connectivity index (χ0v) is 12.8. The van der Waals surface area contributed by atoms with Gasteiger partial charge in [-0.2, -0.15) is 5.26 Å². The van der Waals surface area contributed by atoms with Crippen LogP contribution in [-0.4, -0.2) is 30.3 Å². The minimum absolute atomic E-state index is 0.0946. The number of Topliss-reactive ketones (excluding diaryl/α,β-unsaturated/α-hetero) is 1. The van der Waals surface area contributed by atoms with Crippen LogP contribution in [0.5, 0.6) is 0 Å². The highest BCUT2D eigenvalue weighted by Crippen LogP contribution is 2.11. The molecule has 0 spiro atoms. The SMILES string of the molecule is CCC(=O)C(CCCNC(N)=O)NC(=O)C(C#N)C(C)C. The average Bonchev–Trinajstić information content (AvgIpc) is 2.41. The molecular weight excluding hydrogens is 272 g/mol. The second-order valence-corrected chi connectivity index (χ2v) is 5.17. The van der Waals surface area contributed by atoms with Crippen LogP contribution in [-0.2, 0) is 9.59 Å². The molecule has 0 aromatic carbocycles. The third-order valence-corrected chi connectivity index (χ3v) is 3.11. The van der Waals surface area contributed by atoms with Gasteiger partial charge in [-0.25, -0.2) is 4.79 Å². The van der Waals surface area contributed by atoms with E-state index in [1.807, 2.05) is 6.07 Å². The zero-order valence-electron chi connectivity index (χ0n) is 12.8. The van der Waals surface area contributed by atoms with Gasteiger partial charge in [-0.1, -0.05) is 20.8 Å². The topological polar surface area (TPSA) is 125 Å². The van der Waals surface area contributed by atoms with Crippen LogP contribution in [0.3, 0.4) is 0 Å². The Kier molecular flexibility index (Phi) is 8.77. The first kappa shape index (κ1) is 18.9. The number of rotatable bonds is 9. The Morgan fingerprint density at radius 2 is 1.90 bits per heavy atom. The number of nitrogens with two attached hydrogens (primary N) is 1. The quantitative estimate of drug-likeness (QED) is 0.541. The van der Waals surface area contributed by atoms with E-state index in [0.29, 0.717) is 25.8 Å². The largest absolute Gasteiger partial charge is 0.352 e. The van der Waals surface area contributed by atoms with Crippen molar-refractivity contribution in [1.29, 1.82) is 5.26 Å². The molecule has 0 rings (SSSR count). The first-order chi connectivity index (χ1) is 9.83. The van der Waals surface area contributed by atoms with Gasteiger partial charge < -0.3 is 16.4 Å². The molecule has 2 atom stereocenters. The first-order valence-electron chi connectivity index (χ1n) is 7.09. The highest BCUT2D eigenvalue weighted by Gasteiger charge is 2.26. The number of primary amides is 1. The predicted molar refractivity (Wildman–Crippen MR) is 78.0 cm³/mol. The molecule has 0 aliphatic carbocycles. The minimum Gasteiger partial charge on any atom is -0.352 e. The van der Waals surface area contributed by atoms with Crippen molar-refractivity contribution in [3.63, 3.8) is 0 Å². The normalized spacial score (nSPS) is 13.1. The molecule has 0 fully saturated rings. The lowest BCUT2D eigenvalue weighted by molar-refractivity contribution is -0.130. The minimum atomic E-state index is -0.777. The molecule has 2 unspecified atom stereocenters. The summed E-state index contributed by atoms with van der Waals surface area (Å²) < 4.78 is 0. The summed E-state index contributed by atoms with van der Waals surface area (Å²) in [5, 5.41) is 14.1.